The molecular formula is C11H12BrClINO. The third kappa shape index (κ3) is 4.59. The molecule has 1 aromatic rings. The summed E-state index contributed by atoms with van der Waals surface area (Å²) in [5.41, 5.74) is 0.630. The van der Waals surface area contributed by atoms with Crippen LogP contribution in [0.15, 0.2) is 22.7 Å². The predicted octanol–water partition coefficient (Wildman–Crippen LogP) is 4.05. The van der Waals surface area contributed by atoms with Gasteiger partial charge in [0, 0.05) is 16.6 Å². The van der Waals surface area contributed by atoms with Crippen LogP contribution in [0, 0.1) is 0 Å². The topological polar surface area (TPSA) is 29.1 Å². The first-order chi connectivity index (χ1) is 7.65. The molecule has 1 N–H and O–H groups in total. The van der Waals surface area contributed by atoms with E-state index in [1.165, 1.54) is 0 Å². The molecule has 1 aromatic carbocycles. The number of rotatable bonds is 5. The molecule has 0 saturated carbocycles. The zero-order valence-electron chi connectivity index (χ0n) is 8.60. The Morgan fingerprint density at radius 2 is 2.19 bits per heavy atom. The Kier molecular flexibility index (Phi) is 6.68. The number of hydrogen-bond donors (Lipinski definition) is 1. The molecule has 88 valence electrons. The van der Waals surface area contributed by atoms with Gasteiger partial charge in [-0.05, 0) is 51.4 Å². The van der Waals surface area contributed by atoms with E-state index in [0.29, 0.717) is 10.6 Å². The number of nitrogens with one attached hydrogen (secondary N) is 1. The molecule has 0 fully saturated rings. The monoisotopic (exact) mass is 415 g/mol. The number of alkyl halides is 1. The van der Waals surface area contributed by atoms with E-state index in [9.17, 15) is 4.79 Å². The fourth-order valence-electron chi connectivity index (χ4n) is 1.16. The van der Waals surface area contributed by atoms with E-state index in [1.807, 2.05) is 0 Å². The molecule has 0 aliphatic rings. The minimum absolute atomic E-state index is 0.0502. The van der Waals surface area contributed by atoms with E-state index in [-0.39, 0.29) is 5.91 Å². The van der Waals surface area contributed by atoms with Crippen molar-refractivity contribution in [2.24, 2.45) is 0 Å². The summed E-state index contributed by atoms with van der Waals surface area (Å²) in [6, 6.07) is 5.17. The van der Waals surface area contributed by atoms with Gasteiger partial charge in [-0.2, -0.15) is 0 Å². The van der Waals surface area contributed by atoms with Crippen LogP contribution in [-0.4, -0.2) is 16.9 Å². The molecule has 0 heterocycles. The molecule has 5 heteroatoms. The lowest BCUT2D eigenvalue weighted by Crippen LogP contribution is -2.24. The Bertz CT molecular complexity index is 373. The minimum atomic E-state index is -0.0502. The Hall–Kier alpha value is 0.190. The highest BCUT2D eigenvalue weighted by molar-refractivity contribution is 14.1. The average Bonchev–Trinajstić information content (AvgIpc) is 2.28. The smallest absolute Gasteiger partial charge is 0.251 e. The molecule has 0 radical (unpaired) electrons. The molecule has 0 spiro atoms. The maximum absolute atomic E-state index is 11.7. The highest BCUT2D eigenvalue weighted by Crippen LogP contribution is 2.23. The fraction of sp³-hybridized carbons (Fsp3) is 0.364. The molecule has 0 aliphatic heterocycles. The number of unbranched alkanes of at least 4 members (excludes halogenated alkanes) is 1. The summed E-state index contributed by atoms with van der Waals surface area (Å²) in [7, 11) is 0. The van der Waals surface area contributed by atoms with E-state index in [4.69, 9.17) is 11.6 Å². The summed E-state index contributed by atoms with van der Waals surface area (Å²) in [4.78, 5) is 11.7. The number of halogens is 3. The Balaban J connectivity index is 2.50. The first kappa shape index (κ1) is 14.3. The van der Waals surface area contributed by atoms with Crippen molar-refractivity contribution in [3.63, 3.8) is 0 Å². The summed E-state index contributed by atoms with van der Waals surface area (Å²) in [6.45, 7) is 0.724. The second-order valence-corrected chi connectivity index (χ2v) is 5.62. The largest absolute Gasteiger partial charge is 0.352 e. The molecule has 0 bridgehead atoms. The van der Waals surface area contributed by atoms with Gasteiger partial charge in [0.1, 0.15) is 0 Å². The van der Waals surface area contributed by atoms with E-state index >= 15 is 0 Å². The summed E-state index contributed by atoms with van der Waals surface area (Å²) in [5, 5.41) is 3.49. The lowest BCUT2D eigenvalue weighted by molar-refractivity contribution is 0.0953. The molecule has 1 rings (SSSR count). The summed E-state index contributed by atoms with van der Waals surface area (Å²) in [5.74, 6) is -0.0502. The van der Waals surface area contributed by atoms with E-state index in [1.54, 1.807) is 18.2 Å². The molecule has 1 amide bonds. The second-order valence-electron chi connectivity index (χ2n) is 3.28. The molecule has 0 aliphatic carbocycles. The SMILES string of the molecule is O=C(NCCCCI)c1ccc(Cl)c(Br)c1. The van der Waals surface area contributed by atoms with Gasteiger partial charge in [-0.15, -0.1) is 0 Å². The van der Waals surface area contributed by atoms with Gasteiger partial charge in [0.15, 0.2) is 0 Å². The van der Waals surface area contributed by atoms with E-state index < -0.39 is 0 Å². The van der Waals surface area contributed by atoms with Crippen LogP contribution in [0.3, 0.4) is 0 Å². The van der Waals surface area contributed by atoms with Crippen molar-refractivity contribution in [2.45, 2.75) is 12.8 Å². The minimum Gasteiger partial charge on any atom is -0.352 e. The maximum atomic E-state index is 11.7. The maximum Gasteiger partial charge on any atom is 0.251 e. The summed E-state index contributed by atoms with van der Waals surface area (Å²) < 4.78 is 1.87. The molecule has 16 heavy (non-hydrogen) atoms. The Labute approximate surface area is 122 Å². The number of hydrogen-bond acceptors (Lipinski definition) is 1. The summed E-state index contributed by atoms with van der Waals surface area (Å²) >= 11 is 11.5. The van der Waals surface area contributed by atoms with Gasteiger partial charge in [-0.3, -0.25) is 4.79 Å². The van der Waals surface area contributed by atoms with Gasteiger partial charge >= 0.3 is 0 Å². The zero-order chi connectivity index (χ0) is 12.0. The van der Waals surface area contributed by atoms with Crippen LogP contribution in [0.25, 0.3) is 0 Å². The first-order valence-electron chi connectivity index (χ1n) is 4.94. The van der Waals surface area contributed by atoms with Crippen molar-refractivity contribution in [2.75, 3.05) is 11.0 Å². The number of benzene rings is 1. The third-order valence-electron chi connectivity index (χ3n) is 2.03. The van der Waals surface area contributed by atoms with Gasteiger partial charge in [0.05, 0.1) is 5.02 Å². The van der Waals surface area contributed by atoms with Crippen LogP contribution in [0.1, 0.15) is 23.2 Å². The quantitative estimate of drug-likeness (QED) is 0.438. The van der Waals surface area contributed by atoms with Crippen molar-refractivity contribution in [1.29, 1.82) is 0 Å². The average molecular weight is 416 g/mol. The Morgan fingerprint density at radius 1 is 1.44 bits per heavy atom. The lowest BCUT2D eigenvalue weighted by Gasteiger charge is -2.05. The molecule has 0 saturated heterocycles. The van der Waals surface area contributed by atoms with Crippen molar-refractivity contribution < 1.29 is 4.79 Å². The first-order valence-corrected chi connectivity index (χ1v) is 7.64. The molecule has 2 nitrogen and oxygen atoms in total. The van der Waals surface area contributed by atoms with Gasteiger partial charge in [0.25, 0.3) is 5.91 Å². The van der Waals surface area contributed by atoms with E-state index in [0.717, 1.165) is 28.3 Å². The standard InChI is InChI=1S/C11H12BrClINO/c12-9-7-8(3-4-10(9)13)11(16)15-6-2-1-5-14/h3-4,7H,1-2,5-6H2,(H,15,16). The van der Waals surface area contributed by atoms with Gasteiger partial charge < -0.3 is 5.32 Å². The second kappa shape index (κ2) is 7.50. The Morgan fingerprint density at radius 3 is 2.81 bits per heavy atom. The molecule has 0 aromatic heterocycles. The number of amides is 1. The highest BCUT2D eigenvalue weighted by Gasteiger charge is 2.06. The predicted molar refractivity (Wildman–Crippen MR) is 79.6 cm³/mol. The summed E-state index contributed by atoms with van der Waals surface area (Å²) in [6.07, 6.45) is 2.15. The molecule has 0 atom stereocenters. The van der Waals surface area contributed by atoms with Crippen LogP contribution in [-0.2, 0) is 0 Å². The molecular weight excluding hydrogens is 404 g/mol. The van der Waals surface area contributed by atoms with Crippen molar-refractivity contribution >= 4 is 56.0 Å². The normalized spacial score (nSPS) is 10.2. The van der Waals surface area contributed by atoms with Crippen molar-refractivity contribution in [1.82, 2.24) is 5.32 Å². The zero-order valence-corrected chi connectivity index (χ0v) is 13.1. The number of carbonyl (C=O) groups is 1. The van der Waals surface area contributed by atoms with Crippen LogP contribution in [0.4, 0.5) is 0 Å². The van der Waals surface area contributed by atoms with Crippen LogP contribution in [0.5, 0.6) is 0 Å². The number of carbonyl (C=O) groups excluding carboxylic acids is 1. The lowest BCUT2D eigenvalue weighted by atomic mass is 10.2. The van der Waals surface area contributed by atoms with E-state index in [2.05, 4.69) is 43.8 Å². The van der Waals surface area contributed by atoms with Gasteiger partial charge in [-0.1, -0.05) is 34.2 Å². The highest BCUT2D eigenvalue weighted by atomic mass is 127. The van der Waals surface area contributed by atoms with Gasteiger partial charge in [-0.25, -0.2) is 0 Å². The van der Waals surface area contributed by atoms with Crippen LogP contribution < -0.4 is 5.32 Å². The van der Waals surface area contributed by atoms with Crippen LogP contribution >= 0.6 is 50.1 Å². The van der Waals surface area contributed by atoms with Crippen LogP contribution in [0.2, 0.25) is 5.02 Å². The fourth-order valence-corrected chi connectivity index (χ4v) is 2.20. The van der Waals surface area contributed by atoms with Crippen molar-refractivity contribution in [3.05, 3.63) is 33.3 Å². The van der Waals surface area contributed by atoms with Crippen molar-refractivity contribution in [3.8, 4) is 0 Å². The molecule has 0 unspecified atom stereocenters. The van der Waals surface area contributed by atoms with Gasteiger partial charge in [0.2, 0.25) is 0 Å². The third-order valence-corrected chi connectivity index (χ3v) is 4.00.